The van der Waals surface area contributed by atoms with Crippen LogP contribution in [-0.4, -0.2) is 5.11 Å². The van der Waals surface area contributed by atoms with E-state index in [9.17, 15) is 0 Å². The highest BCUT2D eigenvalue weighted by atomic mass is 16.2. The second-order valence-electron chi connectivity index (χ2n) is 0.296. The van der Waals surface area contributed by atoms with Gasteiger partial charge in [0.15, 0.2) is 0 Å². The largest absolute Gasteiger partial charge is 0.513 e. The number of hydrogen-bond acceptors (Lipinski definition) is 2. The summed E-state index contributed by atoms with van der Waals surface area (Å²) < 4.78 is 0. The van der Waals surface area contributed by atoms with Crippen molar-refractivity contribution in [3.8, 4) is 0 Å². The van der Waals surface area contributed by atoms with E-state index < -0.39 is 0 Å². The van der Waals surface area contributed by atoms with E-state index in [-0.39, 0.29) is 0 Å². The van der Waals surface area contributed by atoms with Gasteiger partial charge in [0, 0.05) is 0 Å². The van der Waals surface area contributed by atoms with Crippen molar-refractivity contribution in [3.63, 3.8) is 0 Å². The first-order chi connectivity index (χ1) is 1.91. The molecular formula is C2H4NO. The monoisotopic (exact) mass is 58.0 g/mol. The maximum atomic E-state index is 7.51. The normalized spacial score (nSPS) is 9.00. The van der Waals surface area contributed by atoms with Crippen molar-refractivity contribution in [2.75, 3.05) is 0 Å². The molecule has 0 aromatic carbocycles. The molecule has 0 saturated heterocycles. The van der Waals surface area contributed by atoms with E-state index in [0.717, 1.165) is 0 Å². The Morgan fingerprint density at radius 2 is 2.25 bits per heavy atom. The van der Waals surface area contributed by atoms with Crippen molar-refractivity contribution in [1.29, 1.82) is 0 Å². The molecule has 0 amide bonds. The fourth-order valence-electron chi connectivity index (χ4n) is 0. The maximum absolute atomic E-state index is 7.51. The third-order valence-corrected chi connectivity index (χ3v) is 0.0745. The van der Waals surface area contributed by atoms with E-state index >= 15 is 0 Å². The first-order valence-corrected chi connectivity index (χ1v) is 0.836. The molecule has 0 aliphatic heterocycles. The van der Waals surface area contributed by atoms with Gasteiger partial charge in [-0.3, -0.25) is 0 Å². The summed E-state index contributed by atoms with van der Waals surface area (Å²) in [7, 11) is 0. The second kappa shape index (κ2) is 2.34. The molecule has 0 saturated carbocycles. The van der Waals surface area contributed by atoms with Crippen LogP contribution in [0.1, 0.15) is 0 Å². The van der Waals surface area contributed by atoms with Crippen LogP contribution in [0.3, 0.4) is 0 Å². The molecule has 0 spiro atoms. The molecular weight excluding hydrogens is 54.0 g/mol. The summed E-state index contributed by atoms with van der Waals surface area (Å²) in [5.41, 5.74) is 4.47. The molecule has 0 bridgehead atoms. The van der Waals surface area contributed by atoms with Crippen molar-refractivity contribution in [2.24, 2.45) is 5.73 Å². The van der Waals surface area contributed by atoms with Gasteiger partial charge in [-0.05, 0) is 0 Å². The lowest BCUT2D eigenvalue weighted by molar-refractivity contribution is 0.469. The zero-order valence-electron chi connectivity index (χ0n) is 2.10. The minimum absolute atomic E-state index is 0.653. The van der Waals surface area contributed by atoms with Crippen LogP contribution in [0, 0.1) is 6.20 Å². The number of nitrogens with two attached hydrogens (primary N) is 1. The lowest BCUT2D eigenvalue weighted by atomic mass is 11.0. The summed E-state index contributed by atoms with van der Waals surface area (Å²) in [5, 5.41) is 7.51. The Morgan fingerprint density at radius 1 is 2.00 bits per heavy atom. The molecule has 0 aromatic rings. The molecule has 1 radical (unpaired) electrons. The molecule has 0 heterocycles. The van der Waals surface area contributed by atoms with E-state index in [1.165, 1.54) is 0 Å². The molecule has 0 rings (SSSR count). The Balaban J connectivity index is 2.55. The summed E-state index contributed by atoms with van der Waals surface area (Å²) in [6.45, 7) is 0. The lowest BCUT2D eigenvalue weighted by Gasteiger charge is -1.54. The fraction of sp³-hybridized carbons (Fsp3) is 0. The van der Waals surface area contributed by atoms with Crippen molar-refractivity contribution < 1.29 is 5.11 Å². The van der Waals surface area contributed by atoms with Crippen LogP contribution in [0.5, 0.6) is 0 Å². The summed E-state index contributed by atoms with van der Waals surface area (Å²) >= 11 is 0. The Kier molecular flexibility index (Phi) is 1.95. The van der Waals surface area contributed by atoms with Crippen LogP contribution >= 0.6 is 0 Å². The van der Waals surface area contributed by atoms with Crippen LogP contribution in [0.15, 0.2) is 6.26 Å². The molecule has 2 heteroatoms. The summed E-state index contributed by atoms with van der Waals surface area (Å²) in [6, 6.07) is 0. The predicted octanol–water partition coefficient (Wildman–Crippen LogP) is -0.223. The van der Waals surface area contributed by atoms with E-state index in [4.69, 9.17) is 5.11 Å². The zero-order chi connectivity index (χ0) is 3.41. The Labute approximate surface area is 24.5 Å². The fourth-order valence-corrected chi connectivity index (χ4v) is 0. The van der Waals surface area contributed by atoms with Crippen LogP contribution in [-0.2, 0) is 0 Å². The van der Waals surface area contributed by atoms with Gasteiger partial charge < -0.3 is 10.8 Å². The summed E-state index contributed by atoms with van der Waals surface area (Å²) in [5.74, 6) is 0. The highest BCUT2D eigenvalue weighted by molar-refractivity contribution is 4.45. The SMILES string of the molecule is N[C]=CO. The average molecular weight is 58.1 g/mol. The van der Waals surface area contributed by atoms with Gasteiger partial charge in [-0.2, -0.15) is 0 Å². The molecule has 3 N–H and O–H groups in total. The van der Waals surface area contributed by atoms with Gasteiger partial charge in [0.1, 0.15) is 6.26 Å². The zero-order valence-corrected chi connectivity index (χ0v) is 2.10. The third kappa shape index (κ3) is 1.34. The Bertz CT molecular complexity index is 21.2. The lowest BCUT2D eigenvalue weighted by Crippen LogP contribution is -1.73. The maximum Gasteiger partial charge on any atom is 0.104 e. The molecule has 0 unspecified atom stereocenters. The van der Waals surface area contributed by atoms with Crippen LogP contribution in [0.25, 0.3) is 0 Å². The minimum Gasteiger partial charge on any atom is -0.513 e. The van der Waals surface area contributed by atoms with Gasteiger partial charge in [0.25, 0.3) is 0 Å². The molecule has 4 heavy (non-hydrogen) atoms. The molecule has 23 valence electrons. The van der Waals surface area contributed by atoms with Crippen LogP contribution in [0.4, 0.5) is 0 Å². The minimum atomic E-state index is 0.653. The van der Waals surface area contributed by atoms with Crippen molar-refractivity contribution in [3.05, 3.63) is 12.5 Å². The standard InChI is InChI=1S/C2H4NO/c3-1-2-4/h2,4H,3H2. The van der Waals surface area contributed by atoms with Crippen LogP contribution < -0.4 is 5.73 Å². The van der Waals surface area contributed by atoms with E-state index in [2.05, 4.69) is 5.73 Å². The molecule has 0 aromatic heterocycles. The smallest absolute Gasteiger partial charge is 0.104 e. The highest BCUT2D eigenvalue weighted by Gasteiger charge is 1.36. The van der Waals surface area contributed by atoms with Gasteiger partial charge in [-0.1, -0.05) is 0 Å². The van der Waals surface area contributed by atoms with Gasteiger partial charge in [0.2, 0.25) is 0 Å². The molecule has 0 fully saturated rings. The third-order valence-electron chi connectivity index (χ3n) is 0.0745. The summed E-state index contributed by atoms with van der Waals surface area (Å²) in [6.07, 6.45) is 2.51. The Hall–Kier alpha value is -0.660. The van der Waals surface area contributed by atoms with E-state index in [0.29, 0.717) is 6.26 Å². The van der Waals surface area contributed by atoms with Crippen molar-refractivity contribution in [2.45, 2.75) is 0 Å². The number of hydrogen-bond donors (Lipinski definition) is 2. The van der Waals surface area contributed by atoms with Crippen molar-refractivity contribution in [1.82, 2.24) is 0 Å². The average Bonchev–Trinajstić information content (AvgIpc) is 1.37. The van der Waals surface area contributed by atoms with Gasteiger partial charge in [-0.15, -0.1) is 0 Å². The van der Waals surface area contributed by atoms with Gasteiger partial charge >= 0.3 is 0 Å². The first kappa shape index (κ1) is 3.34. The Morgan fingerprint density at radius 3 is 2.25 bits per heavy atom. The van der Waals surface area contributed by atoms with Gasteiger partial charge in [-0.25, -0.2) is 0 Å². The molecule has 0 aliphatic rings. The highest BCUT2D eigenvalue weighted by Crippen LogP contribution is 1.35. The summed E-state index contributed by atoms with van der Waals surface area (Å²) in [4.78, 5) is 0. The predicted molar refractivity (Wildman–Crippen MR) is 14.6 cm³/mol. The first-order valence-electron chi connectivity index (χ1n) is 0.836. The molecule has 2 nitrogen and oxygen atoms in total. The second-order valence-corrected chi connectivity index (χ2v) is 0.296. The number of aliphatic hydroxyl groups excluding tert-OH is 1. The molecule has 0 atom stereocenters. The van der Waals surface area contributed by atoms with Crippen LogP contribution in [0.2, 0.25) is 0 Å². The van der Waals surface area contributed by atoms with E-state index in [1.54, 1.807) is 0 Å². The van der Waals surface area contributed by atoms with Crippen molar-refractivity contribution >= 4 is 0 Å². The quantitative estimate of drug-likeness (QED) is 0.299. The number of aliphatic hydroxyl groups is 1. The van der Waals surface area contributed by atoms with E-state index in [1.807, 2.05) is 6.20 Å². The molecule has 0 aliphatic carbocycles. The topological polar surface area (TPSA) is 46.2 Å². The number of rotatable bonds is 0. The van der Waals surface area contributed by atoms with Gasteiger partial charge in [0.05, 0.1) is 6.20 Å².